The zero-order valence-corrected chi connectivity index (χ0v) is 15.2. The third-order valence-electron chi connectivity index (χ3n) is 4.18. The monoisotopic (exact) mass is 367 g/mol. The lowest BCUT2D eigenvalue weighted by molar-refractivity contribution is -0.128. The Kier molecular flexibility index (Phi) is 6.26. The van der Waals surface area contributed by atoms with Crippen molar-refractivity contribution in [1.29, 1.82) is 0 Å². The van der Waals surface area contributed by atoms with E-state index in [9.17, 15) is 9.18 Å². The van der Waals surface area contributed by atoms with E-state index in [0.717, 1.165) is 16.5 Å². The normalized spacial score (nSPS) is 11.8. The van der Waals surface area contributed by atoms with Crippen LogP contribution in [0.2, 0.25) is 0 Å². The molecule has 0 unspecified atom stereocenters. The second-order valence-corrected chi connectivity index (χ2v) is 6.06. The minimum absolute atomic E-state index is 0.0755. The summed E-state index contributed by atoms with van der Waals surface area (Å²) in [7, 11) is 0. The predicted octanol–water partition coefficient (Wildman–Crippen LogP) is 4.33. The molecular weight excluding hydrogens is 345 g/mol. The van der Waals surface area contributed by atoms with Crippen molar-refractivity contribution < 1.29 is 18.7 Å². The molecule has 3 aromatic carbocycles. The van der Waals surface area contributed by atoms with Crippen molar-refractivity contribution in [2.75, 3.05) is 13.2 Å². The number of hydrogen-bond donors (Lipinski definition) is 1. The van der Waals surface area contributed by atoms with Gasteiger partial charge >= 0.3 is 0 Å². The number of benzene rings is 3. The number of fused-ring (bicyclic) bond motifs is 1. The molecule has 5 heteroatoms. The first-order chi connectivity index (χ1) is 13.2. The summed E-state index contributed by atoms with van der Waals surface area (Å²) in [5.74, 6) is 0.0776. The van der Waals surface area contributed by atoms with Crippen molar-refractivity contribution >= 4 is 16.7 Å². The van der Waals surface area contributed by atoms with Crippen LogP contribution in [0.4, 0.5) is 4.39 Å². The molecule has 0 aliphatic heterocycles. The summed E-state index contributed by atoms with van der Waals surface area (Å²) in [5.41, 5.74) is 0. The van der Waals surface area contributed by atoms with Gasteiger partial charge in [0, 0.05) is 5.39 Å². The summed E-state index contributed by atoms with van der Waals surface area (Å²) in [6, 6.07) is 19.9. The smallest absolute Gasteiger partial charge is 0.261 e. The van der Waals surface area contributed by atoms with Gasteiger partial charge in [-0.3, -0.25) is 4.79 Å². The van der Waals surface area contributed by atoms with Gasteiger partial charge in [0.15, 0.2) is 17.7 Å². The van der Waals surface area contributed by atoms with Crippen LogP contribution in [0.5, 0.6) is 11.5 Å². The van der Waals surface area contributed by atoms with Crippen LogP contribution in [-0.2, 0) is 4.79 Å². The van der Waals surface area contributed by atoms with Crippen LogP contribution in [0, 0.1) is 5.82 Å². The molecule has 1 amide bonds. The van der Waals surface area contributed by atoms with Crippen molar-refractivity contribution in [3.05, 3.63) is 72.5 Å². The summed E-state index contributed by atoms with van der Waals surface area (Å²) in [6.45, 7) is 2.48. The Bertz CT molecular complexity index is 907. The zero-order chi connectivity index (χ0) is 19.1. The highest BCUT2D eigenvalue weighted by Gasteiger charge is 2.19. The minimum atomic E-state index is -0.751. The molecule has 0 saturated carbocycles. The van der Waals surface area contributed by atoms with E-state index in [1.54, 1.807) is 12.1 Å². The van der Waals surface area contributed by atoms with Crippen molar-refractivity contribution in [3.8, 4) is 11.5 Å². The predicted molar refractivity (Wildman–Crippen MR) is 104 cm³/mol. The number of halogens is 1. The third kappa shape index (κ3) is 4.76. The van der Waals surface area contributed by atoms with Gasteiger partial charge in [-0.2, -0.15) is 0 Å². The summed E-state index contributed by atoms with van der Waals surface area (Å²) in [6.07, 6.45) is -0.316. The Morgan fingerprint density at radius 3 is 2.52 bits per heavy atom. The highest BCUT2D eigenvalue weighted by atomic mass is 19.1. The van der Waals surface area contributed by atoms with E-state index >= 15 is 0 Å². The molecule has 0 bridgehead atoms. The van der Waals surface area contributed by atoms with Crippen LogP contribution < -0.4 is 14.8 Å². The van der Waals surface area contributed by atoms with Gasteiger partial charge in [-0.25, -0.2) is 4.39 Å². The maximum absolute atomic E-state index is 13.7. The summed E-state index contributed by atoms with van der Waals surface area (Å²) in [4.78, 5) is 12.3. The molecule has 0 saturated heterocycles. The molecule has 0 aliphatic rings. The van der Waals surface area contributed by atoms with Crippen LogP contribution >= 0.6 is 0 Å². The quantitative estimate of drug-likeness (QED) is 0.603. The van der Waals surface area contributed by atoms with Gasteiger partial charge in [0.1, 0.15) is 12.4 Å². The summed E-state index contributed by atoms with van der Waals surface area (Å²) < 4.78 is 25.0. The first-order valence-corrected chi connectivity index (χ1v) is 8.98. The molecule has 0 aliphatic carbocycles. The molecule has 1 atom stereocenters. The Labute approximate surface area is 157 Å². The number of amides is 1. The van der Waals surface area contributed by atoms with Crippen LogP contribution in [-0.4, -0.2) is 25.2 Å². The standard InChI is InChI=1S/C22H22FNO3/c1-2-19(27-21-12-6-5-11-18(21)23)22(25)24-14-15-26-20-13-7-9-16-8-3-4-10-17(16)20/h3-13,19H,2,14-15H2,1H3,(H,24,25)/t19-/m1/s1. The molecule has 3 rings (SSSR count). The van der Waals surface area contributed by atoms with Gasteiger partial charge in [-0.15, -0.1) is 0 Å². The largest absolute Gasteiger partial charge is 0.491 e. The lowest BCUT2D eigenvalue weighted by Gasteiger charge is -2.18. The molecule has 0 radical (unpaired) electrons. The lowest BCUT2D eigenvalue weighted by atomic mass is 10.1. The van der Waals surface area contributed by atoms with Crippen LogP contribution in [0.1, 0.15) is 13.3 Å². The van der Waals surface area contributed by atoms with Crippen LogP contribution in [0.15, 0.2) is 66.7 Å². The number of para-hydroxylation sites is 1. The summed E-state index contributed by atoms with van der Waals surface area (Å²) >= 11 is 0. The average molecular weight is 367 g/mol. The van der Waals surface area contributed by atoms with Crippen molar-refractivity contribution in [1.82, 2.24) is 5.32 Å². The van der Waals surface area contributed by atoms with Crippen molar-refractivity contribution in [2.45, 2.75) is 19.4 Å². The number of carbonyl (C=O) groups excluding carboxylic acids is 1. The first kappa shape index (κ1) is 18.7. The van der Waals surface area contributed by atoms with Gasteiger partial charge in [-0.1, -0.05) is 55.5 Å². The molecule has 140 valence electrons. The molecular formula is C22H22FNO3. The van der Waals surface area contributed by atoms with E-state index < -0.39 is 11.9 Å². The van der Waals surface area contributed by atoms with Gasteiger partial charge in [0.2, 0.25) is 0 Å². The van der Waals surface area contributed by atoms with Crippen LogP contribution in [0.3, 0.4) is 0 Å². The van der Waals surface area contributed by atoms with Crippen LogP contribution in [0.25, 0.3) is 10.8 Å². The van der Waals surface area contributed by atoms with E-state index in [-0.39, 0.29) is 11.7 Å². The number of ether oxygens (including phenoxy) is 2. The topological polar surface area (TPSA) is 47.6 Å². The molecule has 27 heavy (non-hydrogen) atoms. The number of nitrogens with one attached hydrogen (secondary N) is 1. The van der Waals surface area contributed by atoms with Gasteiger partial charge < -0.3 is 14.8 Å². The number of hydrogen-bond acceptors (Lipinski definition) is 3. The van der Waals surface area contributed by atoms with Gasteiger partial charge in [0.25, 0.3) is 5.91 Å². The Hall–Kier alpha value is -3.08. The van der Waals surface area contributed by atoms with E-state index in [0.29, 0.717) is 19.6 Å². The average Bonchev–Trinajstić information content (AvgIpc) is 2.70. The Balaban J connectivity index is 1.51. The highest BCUT2D eigenvalue weighted by Crippen LogP contribution is 2.25. The maximum atomic E-state index is 13.7. The number of carbonyl (C=O) groups is 1. The summed E-state index contributed by atoms with van der Waals surface area (Å²) in [5, 5.41) is 4.91. The highest BCUT2D eigenvalue weighted by molar-refractivity contribution is 5.88. The first-order valence-electron chi connectivity index (χ1n) is 8.98. The SMILES string of the molecule is CC[C@@H](Oc1ccccc1F)C(=O)NCCOc1cccc2ccccc12. The number of rotatable bonds is 8. The fourth-order valence-corrected chi connectivity index (χ4v) is 2.79. The fourth-order valence-electron chi connectivity index (χ4n) is 2.79. The Morgan fingerprint density at radius 1 is 1.00 bits per heavy atom. The molecule has 0 heterocycles. The van der Waals surface area contributed by atoms with E-state index in [1.165, 1.54) is 12.1 Å². The van der Waals surface area contributed by atoms with Gasteiger partial charge in [-0.05, 0) is 30.0 Å². The van der Waals surface area contributed by atoms with Gasteiger partial charge in [0.05, 0.1) is 6.54 Å². The minimum Gasteiger partial charge on any atom is -0.491 e. The second kappa shape index (κ2) is 9.03. The maximum Gasteiger partial charge on any atom is 0.261 e. The molecule has 3 aromatic rings. The molecule has 0 aromatic heterocycles. The fraction of sp³-hybridized carbons (Fsp3) is 0.227. The van der Waals surface area contributed by atoms with Crippen molar-refractivity contribution in [3.63, 3.8) is 0 Å². The molecule has 1 N–H and O–H groups in total. The molecule has 4 nitrogen and oxygen atoms in total. The van der Waals surface area contributed by atoms with Crippen molar-refractivity contribution in [2.24, 2.45) is 0 Å². The van der Waals surface area contributed by atoms with E-state index in [4.69, 9.17) is 9.47 Å². The Morgan fingerprint density at radius 2 is 1.70 bits per heavy atom. The van der Waals surface area contributed by atoms with E-state index in [2.05, 4.69) is 5.32 Å². The zero-order valence-electron chi connectivity index (χ0n) is 15.2. The lowest BCUT2D eigenvalue weighted by Crippen LogP contribution is -2.39. The molecule has 0 spiro atoms. The molecule has 0 fully saturated rings. The second-order valence-electron chi connectivity index (χ2n) is 6.06. The van der Waals surface area contributed by atoms with E-state index in [1.807, 2.05) is 49.4 Å². The third-order valence-corrected chi connectivity index (χ3v) is 4.18.